The van der Waals surface area contributed by atoms with E-state index in [1.54, 1.807) is 10.6 Å². The molecule has 0 saturated carbocycles. The van der Waals surface area contributed by atoms with Crippen LogP contribution in [-0.2, 0) is 10.0 Å². The Kier molecular flexibility index (Phi) is 5.56. The van der Waals surface area contributed by atoms with E-state index >= 15 is 4.39 Å². The number of sulfonamides is 1. The molecule has 3 N–H and O–H groups in total. The molecule has 3 heterocycles. The molecular formula is C20H14ClFN6O3S. The van der Waals surface area contributed by atoms with Gasteiger partial charge >= 0.3 is 0 Å². The number of imidazole rings is 1. The quantitative estimate of drug-likeness (QED) is 0.437. The topological polar surface area (TPSA) is 124 Å². The number of rotatable bonds is 4. The standard InChI is InChI=1S/C20H14ClFN6O3S/c1-31-20-16(9-13(21)10-26-20)32(29,30)27-15-4-2-3-12(17(15)22)5-6-14-11-25-18(23)19-24-7-8-28(14)19/h2-4,7-11,27H,1H3,(H2,23,25). The zero-order valence-corrected chi connectivity index (χ0v) is 17.9. The third-order valence-corrected chi connectivity index (χ3v) is 5.86. The first kappa shape index (κ1) is 21.4. The van der Waals surface area contributed by atoms with E-state index in [2.05, 4.69) is 31.5 Å². The first-order chi connectivity index (χ1) is 15.3. The summed E-state index contributed by atoms with van der Waals surface area (Å²) < 4.78 is 49.4. The van der Waals surface area contributed by atoms with Gasteiger partial charge in [0, 0.05) is 18.6 Å². The monoisotopic (exact) mass is 472 g/mol. The molecule has 9 nitrogen and oxygen atoms in total. The molecule has 0 aliphatic carbocycles. The van der Waals surface area contributed by atoms with Crippen molar-refractivity contribution in [2.75, 3.05) is 17.6 Å². The minimum absolute atomic E-state index is 0.0357. The molecule has 0 unspecified atom stereocenters. The maximum absolute atomic E-state index is 15.0. The van der Waals surface area contributed by atoms with Crippen molar-refractivity contribution in [3.63, 3.8) is 0 Å². The smallest absolute Gasteiger partial charge is 0.267 e. The minimum Gasteiger partial charge on any atom is -0.480 e. The second-order valence-electron chi connectivity index (χ2n) is 6.33. The van der Waals surface area contributed by atoms with Gasteiger partial charge in [-0.25, -0.2) is 27.8 Å². The molecule has 0 amide bonds. The van der Waals surface area contributed by atoms with E-state index in [9.17, 15) is 8.42 Å². The van der Waals surface area contributed by atoms with Crippen LogP contribution in [0.25, 0.3) is 5.65 Å². The predicted molar refractivity (Wildman–Crippen MR) is 116 cm³/mol. The van der Waals surface area contributed by atoms with Gasteiger partial charge in [-0.1, -0.05) is 23.6 Å². The number of ether oxygens (including phenoxy) is 1. The SMILES string of the molecule is COc1ncc(Cl)cc1S(=O)(=O)Nc1cccc(C#Cc2cnc(N)c3nccn23)c1F. The molecule has 3 aromatic heterocycles. The van der Waals surface area contributed by atoms with E-state index in [1.165, 1.54) is 43.9 Å². The molecule has 1 aromatic carbocycles. The molecule has 0 bridgehead atoms. The third-order valence-electron chi connectivity index (χ3n) is 4.29. The Balaban J connectivity index is 1.70. The molecule has 0 radical (unpaired) electrons. The summed E-state index contributed by atoms with van der Waals surface area (Å²) in [6.45, 7) is 0. The number of nitrogens with one attached hydrogen (secondary N) is 1. The molecule has 0 aliphatic rings. The minimum atomic E-state index is -4.26. The second-order valence-corrected chi connectivity index (χ2v) is 8.42. The summed E-state index contributed by atoms with van der Waals surface area (Å²) in [6.07, 6.45) is 5.84. The maximum atomic E-state index is 15.0. The van der Waals surface area contributed by atoms with Gasteiger partial charge in [-0.15, -0.1) is 0 Å². The number of anilines is 2. The average molecular weight is 473 g/mol. The Morgan fingerprint density at radius 2 is 2.03 bits per heavy atom. The number of hydrogen-bond acceptors (Lipinski definition) is 7. The summed E-state index contributed by atoms with van der Waals surface area (Å²) in [7, 11) is -3.00. The first-order valence-electron chi connectivity index (χ1n) is 8.90. The third kappa shape index (κ3) is 4.01. The predicted octanol–water partition coefficient (Wildman–Crippen LogP) is 2.71. The molecule has 162 valence electrons. The summed E-state index contributed by atoms with van der Waals surface area (Å²) in [5.41, 5.74) is 6.27. The molecule has 12 heteroatoms. The van der Waals surface area contributed by atoms with Crippen LogP contribution in [0.5, 0.6) is 5.88 Å². The molecule has 0 atom stereocenters. The zero-order valence-electron chi connectivity index (χ0n) is 16.4. The Hall–Kier alpha value is -3.88. The fourth-order valence-corrected chi connectivity index (χ4v) is 4.25. The highest BCUT2D eigenvalue weighted by Gasteiger charge is 2.23. The fraction of sp³-hybridized carbons (Fsp3) is 0.0500. The van der Waals surface area contributed by atoms with E-state index in [-0.39, 0.29) is 32.9 Å². The Morgan fingerprint density at radius 1 is 1.22 bits per heavy atom. The highest BCUT2D eigenvalue weighted by Crippen LogP contribution is 2.28. The van der Waals surface area contributed by atoms with E-state index in [0.717, 1.165) is 6.07 Å². The molecule has 32 heavy (non-hydrogen) atoms. The number of nitrogens with two attached hydrogens (primary N) is 1. The summed E-state index contributed by atoms with van der Waals surface area (Å²) in [6, 6.07) is 5.30. The van der Waals surface area contributed by atoms with Gasteiger partial charge in [-0.05, 0) is 24.1 Å². The van der Waals surface area contributed by atoms with Gasteiger partial charge < -0.3 is 10.5 Å². The Morgan fingerprint density at radius 3 is 2.81 bits per heavy atom. The van der Waals surface area contributed by atoms with Crippen molar-refractivity contribution in [2.45, 2.75) is 4.90 Å². The van der Waals surface area contributed by atoms with Crippen LogP contribution in [0.4, 0.5) is 15.9 Å². The lowest BCUT2D eigenvalue weighted by molar-refractivity contribution is 0.385. The van der Waals surface area contributed by atoms with Crippen molar-refractivity contribution in [2.24, 2.45) is 0 Å². The van der Waals surface area contributed by atoms with Gasteiger partial charge in [0.25, 0.3) is 10.0 Å². The van der Waals surface area contributed by atoms with E-state index < -0.39 is 15.8 Å². The van der Waals surface area contributed by atoms with E-state index in [4.69, 9.17) is 22.1 Å². The molecule has 0 aliphatic heterocycles. The van der Waals surface area contributed by atoms with Crippen LogP contribution in [0, 0.1) is 17.7 Å². The van der Waals surface area contributed by atoms with Gasteiger partial charge in [0.05, 0.1) is 29.6 Å². The van der Waals surface area contributed by atoms with Crippen molar-refractivity contribution in [3.05, 3.63) is 71.2 Å². The number of fused-ring (bicyclic) bond motifs is 1. The van der Waals surface area contributed by atoms with Crippen molar-refractivity contribution >= 4 is 38.8 Å². The van der Waals surface area contributed by atoms with Gasteiger partial charge in [-0.3, -0.25) is 9.12 Å². The number of methoxy groups -OCH3 is 1. The Bertz CT molecular complexity index is 1510. The summed E-state index contributed by atoms with van der Waals surface area (Å²) in [4.78, 5) is 11.6. The molecule has 4 aromatic rings. The summed E-state index contributed by atoms with van der Waals surface area (Å²) in [5, 5.41) is 0.0780. The lowest BCUT2D eigenvalue weighted by Crippen LogP contribution is -2.16. The highest BCUT2D eigenvalue weighted by molar-refractivity contribution is 7.92. The normalized spacial score (nSPS) is 11.1. The largest absolute Gasteiger partial charge is 0.480 e. The van der Waals surface area contributed by atoms with Crippen LogP contribution in [0.3, 0.4) is 0 Å². The zero-order chi connectivity index (χ0) is 22.9. The number of nitrogen functional groups attached to an aromatic ring is 1. The maximum Gasteiger partial charge on any atom is 0.267 e. The van der Waals surface area contributed by atoms with Gasteiger partial charge in [-0.2, -0.15) is 0 Å². The van der Waals surface area contributed by atoms with Crippen molar-refractivity contribution in [1.82, 2.24) is 19.4 Å². The summed E-state index contributed by atoms with van der Waals surface area (Å²) in [5.74, 6) is 4.67. The van der Waals surface area contributed by atoms with Gasteiger partial charge in [0.2, 0.25) is 5.88 Å². The van der Waals surface area contributed by atoms with Crippen molar-refractivity contribution < 1.29 is 17.5 Å². The molecular weight excluding hydrogens is 459 g/mol. The number of benzene rings is 1. The molecule has 4 rings (SSSR count). The first-order valence-corrected chi connectivity index (χ1v) is 10.8. The lowest BCUT2D eigenvalue weighted by Gasteiger charge is -2.12. The molecule has 0 spiro atoms. The highest BCUT2D eigenvalue weighted by atomic mass is 35.5. The van der Waals surface area contributed by atoms with Crippen molar-refractivity contribution in [3.8, 4) is 17.7 Å². The van der Waals surface area contributed by atoms with Crippen LogP contribution < -0.4 is 15.2 Å². The lowest BCUT2D eigenvalue weighted by atomic mass is 10.2. The van der Waals surface area contributed by atoms with Crippen LogP contribution in [0.1, 0.15) is 11.3 Å². The number of pyridine rings is 1. The summed E-state index contributed by atoms with van der Waals surface area (Å²) >= 11 is 5.86. The number of hydrogen-bond donors (Lipinski definition) is 2. The van der Waals surface area contributed by atoms with E-state index in [1.807, 2.05) is 0 Å². The van der Waals surface area contributed by atoms with Crippen LogP contribution in [0.2, 0.25) is 5.02 Å². The average Bonchev–Trinajstić information content (AvgIpc) is 3.26. The van der Waals surface area contributed by atoms with Gasteiger partial charge in [0.15, 0.2) is 22.2 Å². The fourth-order valence-electron chi connectivity index (χ4n) is 2.82. The van der Waals surface area contributed by atoms with Crippen molar-refractivity contribution in [1.29, 1.82) is 0 Å². The van der Waals surface area contributed by atoms with Crippen LogP contribution >= 0.6 is 11.6 Å². The molecule has 0 fully saturated rings. The number of halogens is 2. The van der Waals surface area contributed by atoms with E-state index in [0.29, 0.717) is 11.3 Å². The number of nitrogens with zero attached hydrogens (tertiary/aromatic N) is 4. The van der Waals surface area contributed by atoms with Crippen LogP contribution in [0.15, 0.2) is 53.9 Å². The second kappa shape index (κ2) is 8.33. The Labute approximate surface area is 187 Å². The van der Waals surface area contributed by atoms with Gasteiger partial charge in [0.1, 0.15) is 5.69 Å². The van der Waals surface area contributed by atoms with Crippen LogP contribution in [-0.4, -0.2) is 34.9 Å². The molecule has 0 saturated heterocycles. The number of aromatic nitrogens is 4.